The van der Waals surface area contributed by atoms with Crippen LogP contribution in [0, 0.1) is 11.3 Å². The molecule has 2 saturated carbocycles. The van der Waals surface area contributed by atoms with Crippen LogP contribution >= 0.6 is 0 Å². The van der Waals surface area contributed by atoms with Crippen molar-refractivity contribution in [1.29, 1.82) is 0 Å². The molecule has 32 heavy (non-hydrogen) atoms. The molecule has 1 aromatic rings. The molecule has 0 spiro atoms. The zero-order chi connectivity index (χ0) is 23.4. The molecule has 0 aliphatic heterocycles. The minimum atomic E-state index is -1.82. The number of aldehydes is 1. The lowest BCUT2D eigenvalue weighted by Crippen LogP contribution is -2.52. The molecule has 4 heteroatoms. The van der Waals surface area contributed by atoms with Crippen molar-refractivity contribution in [2.45, 2.75) is 102 Å². The number of ether oxygens (including phenoxy) is 1. The van der Waals surface area contributed by atoms with Crippen LogP contribution in [0.5, 0.6) is 5.75 Å². The van der Waals surface area contributed by atoms with E-state index in [1.54, 1.807) is 12.7 Å². The van der Waals surface area contributed by atoms with Crippen molar-refractivity contribution in [3.8, 4) is 5.75 Å². The summed E-state index contributed by atoms with van der Waals surface area (Å²) in [5, 5.41) is 0.228. The summed E-state index contributed by atoms with van der Waals surface area (Å²) in [5.74, 6) is 1.48. The van der Waals surface area contributed by atoms with Gasteiger partial charge < -0.3 is 14.0 Å². The third kappa shape index (κ3) is 3.62. The van der Waals surface area contributed by atoms with Crippen LogP contribution in [0.25, 0.3) is 0 Å². The van der Waals surface area contributed by atoms with Crippen LogP contribution < -0.4 is 4.74 Å². The SMILES string of the molecule is COc1ccc2c(c1)CC=C1[C@@H]3CC[C@H](O[Si](C)(C)C(C)(C)C)[C@@]3(C)CC[C@@]12CCC=O. The van der Waals surface area contributed by atoms with Gasteiger partial charge >= 0.3 is 0 Å². The van der Waals surface area contributed by atoms with Crippen molar-refractivity contribution in [1.82, 2.24) is 0 Å². The summed E-state index contributed by atoms with van der Waals surface area (Å²) in [7, 11) is -0.0872. The number of rotatable bonds is 6. The molecule has 3 aliphatic carbocycles. The van der Waals surface area contributed by atoms with Gasteiger partial charge in [0.2, 0.25) is 0 Å². The highest BCUT2D eigenvalue weighted by atomic mass is 28.4. The molecule has 176 valence electrons. The number of carbonyl (C=O) groups is 1. The fraction of sp³-hybridized carbons (Fsp3) is 0.679. The lowest BCUT2D eigenvalue weighted by molar-refractivity contribution is -0.108. The van der Waals surface area contributed by atoms with E-state index < -0.39 is 8.32 Å². The first-order valence-electron chi connectivity index (χ1n) is 12.5. The highest BCUT2D eigenvalue weighted by Crippen LogP contribution is 2.64. The maximum absolute atomic E-state index is 11.5. The Kier molecular flexibility index (Phi) is 6.03. The number of hydrogen-bond donors (Lipinski definition) is 0. The van der Waals surface area contributed by atoms with Gasteiger partial charge in [0, 0.05) is 11.8 Å². The Morgan fingerprint density at radius 1 is 1.19 bits per heavy atom. The van der Waals surface area contributed by atoms with E-state index in [4.69, 9.17) is 9.16 Å². The van der Waals surface area contributed by atoms with Gasteiger partial charge in [-0.25, -0.2) is 0 Å². The summed E-state index contributed by atoms with van der Waals surface area (Å²) in [5.41, 5.74) is 4.60. The van der Waals surface area contributed by atoms with Gasteiger partial charge in [0.25, 0.3) is 0 Å². The average Bonchev–Trinajstić information content (AvgIpc) is 3.06. The van der Waals surface area contributed by atoms with Crippen LogP contribution in [0.3, 0.4) is 0 Å². The van der Waals surface area contributed by atoms with Gasteiger partial charge in [0.1, 0.15) is 12.0 Å². The zero-order valence-corrected chi connectivity index (χ0v) is 22.2. The molecule has 0 unspecified atom stereocenters. The molecule has 3 aliphatic rings. The Morgan fingerprint density at radius 2 is 1.94 bits per heavy atom. The van der Waals surface area contributed by atoms with Gasteiger partial charge in [0.15, 0.2) is 8.32 Å². The second kappa shape index (κ2) is 8.13. The molecular formula is C28H42O3Si. The molecule has 4 atom stereocenters. The van der Waals surface area contributed by atoms with Crippen LogP contribution in [-0.4, -0.2) is 27.8 Å². The monoisotopic (exact) mass is 454 g/mol. The average molecular weight is 455 g/mol. The summed E-state index contributed by atoms with van der Waals surface area (Å²) < 4.78 is 12.6. The molecular weight excluding hydrogens is 412 g/mol. The Balaban J connectivity index is 1.71. The lowest BCUT2D eigenvalue weighted by atomic mass is 9.51. The van der Waals surface area contributed by atoms with Crippen LogP contribution in [0.15, 0.2) is 29.8 Å². The van der Waals surface area contributed by atoms with Crippen molar-refractivity contribution < 1.29 is 14.0 Å². The predicted octanol–water partition coefficient (Wildman–Crippen LogP) is 7.00. The van der Waals surface area contributed by atoms with Gasteiger partial charge in [-0.1, -0.05) is 45.4 Å². The predicted molar refractivity (Wildman–Crippen MR) is 134 cm³/mol. The first kappa shape index (κ1) is 23.8. The molecule has 4 rings (SSSR count). The van der Waals surface area contributed by atoms with E-state index in [9.17, 15) is 4.79 Å². The van der Waals surface area contributed by atoms with E-state index in [1.807, 2.05) is 0 Å². The molecule has 0 N–H and O–H groups in total. The lowest BCUT2D eigenvalue weighted by Gasteiger charge is -2.54. The van der Waals surface area contributed by atoms with E-state index in [2.05, 4.69) is 65.1 Å². The summed E-state index contributed by atoms with van der Waals surface area (Å²) in [4.78, 5) is 11.5. The third-order valence-electron chi connectivity index (χ3n) is 9.57. The fourth-order valence-electron chi connectivity index (χ4n) is 6.62. The van der Waals surface area contributed by atoms with Crippen LogP contribution in [-0.2, 0) is 21.1 Å². The van der Waals surface area contributed by atoms with Crippen molar-refractivity contribution in [2.75, 3.05) is 7.11 Å². The Hall–Kier alpha value is -1.39. The molecule has 0 radical (unpaired) electrons. The van der Waals surface area contributed by atoms with E-state index >= 15 is 0 Å². The minimum Gasteiger partial charge on any atom is -0.497 e. The van der Waals surface area contributed by atoms with Crippen LogP contribution in [0.4, 0.5) is 0 Å². The maximum atomic E-state index is 11.5. The maximum Gasteiger partial charge on any atom is 0.192 e. The molecule has 2 fully saturated rings. The van der Waals surface area contributed by atoms with Crippen LogP contribution in [0.1, 0.15) is 77.3 Å². The second-order valence-electron chi connectivity index (χ2n) is 12.2. The number of methoxy groups -OCH3 is 1. The smallest absolute Gasteiger partial charge is 0.192 e. The number of hydrogen-bond acceptors (Lipinski definition) is 3. The topological polar surface area (TPSA) is 35.5 Å². The van der Waals surface area contributed by atoms with E-state index in [-0.39, 0.29) is 15.9 Å². The highest BCUT2D eigenvalue weighted by molar-refractivity contribution is 6.74. The largest absolute Gasteiger partial charge is 0.497 e. The summed E-state index contributed by atoms with van der Waals surface area (Å²) >= 11 is 0. The first-order valence-corrected chi connectivity index (χ1v) is 15.4. The number of allylic oxidation sites excluding steroid dienone is 2. The highest BCUT2D eigenvalue weighted by Gasteiger charge is 2.59. The summed E-state index contributed by atoms with van der Waals surface area (Å²) in [6.45, 7) is 14.3. The van der Waals surface area contributed by atoms with Crippen molar-refractivity contribution >= 4 is 14.6 Å². The van der Waals surface area contributed by atoms with Gasteiger partial charge in [-0.2, -0.15) is 0 Å². The molecule has 0 saturated heterocycles. The summed E-state index contributed by atoms with van der Waals surface area (Å²) in [6, 6.07) is 6.60. The number of fused-ring (bicyclic) bond motifs is 5. The Labute approximate surface area is 196 Å². The third-order valence-corrected chi connectivity index (χ3v) is 14.1. The van der Waals surface area contributed by atoms with E-state index in [0.717, 1.165) is 37.7 Å². The minimum absolute atomic E-state index is 0.00317. The molecule has 0 amide bonds. The zero-order valence-electron chi connectivity index (χ0n) is 21.2. The molecule has 0 bridgehead atoms. The van der Waals surface area contributed by atoms with E-state index in [0.29, 0.717) is 18.4 Å². The number of carbonyl (C=O) groups excluding carboxylic acids is 1. The Bertz CT molecular complexity index is 912. The standard InChI is InChI=1S/C28H42O3Si/c1-26(2,3)32(6,7)31-25-14-13-23-24-11-9-20-19-21(30-5)10-12-22(20)28(24,15-8-18-29)17-16-27(23,25)4/h10-12,18-19,23,25H,8-9,13-17H2,1-7H3/t23-,25-,27-,28+/m0/s1. The molecule has 3 nitrogen and oxygen atoms in total. The van der Waals surface area contributed by atoms with Crippen molar-refractivity contribution in [3.05, 3.63) is 41.0 Å². The van der Waals surface area contributed by atoms with Gasteiger partial charge in [-0.3, -0.25) is 0 Å². The van der Waals surface area contributed by atoms with Gasteiger partial charge in [0.05, 0.1) is 13.2 Å². The number of benzene rings is 1. The van der Waals surface area contributed by atoms with E-state index in [1.165, 1.54) is 24.0 Å². The van der Waals surface area contributed by atoms with Crippen molar-refractivity contribution in [2.24, 2.45) is 11.3 Å². The first-order chi connectivity index (χ1) is 15.0. The van der Waals surface area contributed by atoms with Crippen LogP contribution in [0.2, 0.25) is 18.1 Å². The van der Waals surface area contributed by atoms with Gasteiger partial charge in [-0.05, 0) is 91.2 Å². The second-order valence-corrected chi connectivity index (χ2v) is 16.9. The van der Waals surface area contributed by atoms with Crippen molar-refractivity contribution in [3.63, 3.8) is 0 Å². The normalized spacial score (nSPS) is 31.9. The van der Waals surface area contributed by atoms with Gasteiger partial charge in [-0.15, -0.1) is 0 Å². The summed E-state index contributed by atoms with van der Waals surface area (Å²) in [6.07, 6.45) is 11.1. The Morgan fingerprint density at radius 3 is 2.59 bits per heavy atom. The fourth-order valence-corrected chi connectivity index (χ4v) is 8.08. The quantitative estimate of drug-likeness (QED) is 0.264. The molecule has 0 aromatic heterocycles. The molecule has 0 heterocycles. The molecule has 1 aromatic carbocycles.